The van der Waals surface area contributed by atoms with Crippen LogP contribution in [0.2, 0.25) is 0 Å². The third-order valence-electron chi connectivity index (χ3n) is 2.68. The summed E-state index contributed by atoms with van der Waals surface area (Å²) in [4.78, 5) is 1.89. The Hall–Kier alpha value is 0.0600. The number of nitrogens with zero attached hydrogens (tertiary/aromatic N) is 1. The van der Waals surface area contributed by atoms with Crippen molar-refractivity contribution in [3.05, 3.63) is 0 Å². The lowest BCUT2D eigenvalue weighted by Crippen LogP contribution is -2.43. The van der Waals surface area contributed by atoms with Gasteiger partial charge in [-0.05, 0) is 30.6 Å². The molecule has 0 saturated carbocycles. The molecule has 0 amide bonds. The first-order chi connectivity index (χ1) is 6.88. The Morgan fingerprint density at radius 1 is 1.47 bits per heavy atom. The predicted octanol–water partition coefficient (Wildman–Crippen LogP) is 1.94. The van der Waals surface area contributed by atoms with Gasteiger partial charge in [0.05, 0.1) is 6.10 Å². The van der Waals surface area contributed by atoms with Crippen molar-refractivity contribution in [2.75, 3.05) is 25.4 Å². The van der Waals surface area contributed by atoms with E-state index in [2.05, 4.69) is 0 Å². The van der Waals surface area contributed by atoms with Gasteiger partial charge < -0.3 is 5.11 Å². The van der Waals surface area contributed by atoms with Gasteiger partial charge in [-0.3, -0.25) is 4.90 Å². The molecule has 0 spiro atoms. The van der Waals surface area contributed by atoms with E-state index in [0.717, 1.165) is 13.0 Å². The van der Waals surface area contributed by atoms with Gasteiger partial charge in [0, 0.05) is 18.8 Å². The first kappa shape index (κ1) is 13.1. The van der Waals surface area contributed by atoms with Gasteiger partial charge in [0.1, 0.15) is 0 Å². The Bertz CT molecular complexity index is 200. The van der Waals surface area contributed by atoms with E-state index in [1.54, 1.807) is 0 Å². The monoisotopic (exact) mass is 243 g/mol. The van der Waals surface area contributed by atoms with Crippen LogP contribution in [0.5, 0.6) is 0 Å². The molecular weight excluding hydrogens is 227 g/mol. The Morgan fingerprint density at radius 2 is 2.13 bits per heavy atom. The van der Waals surface area contributed by atoms with Crippen LogP contribution in [0, 0.1) is 5.92 Å². The second-order valence-electron chi connectivity index (χ2n) is 3.93. The number of aliphatic hydroxyl groups is 1. The smallest absolute Gasteiger partial charge is 0.392 e. The van der Waals surface area contributed by atoms with E-state index in [0.29, 0.717) is 13.1 Å². The first-order valence-electron chi connectivity index (χ1n) is 4.99. The third-order valence-corrected chi connectivity index (χ3v) is 3.39. The van der Waals surface area contributed by atoms with Crippen molar-refractivity contribution in [1.82, 2.24) is 4.90 Å². The van der Waals surface area contributed by atoms with Gasteiger partial charge >= 0.3 is 5.51 Å². The SMILES string of the molecule is CC1CCN(CCSC(F)(F)F)CC1O. The zero-order chi connectivity index (χ0) is 11.5. The molecule has 0 aromatic heterocycles. The van der Waals surface area contributed by atoms with Gasteiger partial charge in [-0.25, -0.2) is 0 Å². The first-order valence-corrected chi connectivity index (χ1v) is 5.98. The molecule has 1 aliphatic rings. The lowest BCUT2D eigenvalue weighted by atomic mass is 9.96. The molecular formula is C9H16F3NOS. The molecule has 0 aromatic carbocycles. The molecule has 15 heavy (non-hydrogen) atoms. The third kappa shape index (κ3) is 5.08. The Balaban J connectivity index is 2.17. The normalized spacial score (nSPS) is 29.4. The molecule has 1 N–H and O–H groups in total. The number of rotatable bonds is 3. The molecule has 1 fully saturated rings. The minimum Gasteiger partial charge on any atom is -0.392 e. The number of halogens is 3. The van der Waals surface area contributed by atoms with Crippen LogP contribution >= 0.6 is 11.8 Å². The molecule has 2 atom stereocenters. The fourth-order valence-electron chi connectivity index (χ4n) is 1.61. The molecule has 1 rings (SSSR count). The van der Waals surface area contributed by atoms with Gasteiger partial charge in [0.25, 0.3) is 0 Å². The minimum absolute atomic E-state index is 0.00595. The Labute approximate surface area is 91.8 Å². The molecule has 6 heteroatoms. The van der Waals surface area contributed by atoms with Gasteiger partial charge in [0.15, 0.2) is 0 Å². The van der Waals surface area contributed by atoms with Gasteiger partial charge in [-0.1, -0.05) is 6.92 Å². The number of likely N-dealkylation sites (tertiary alicyclic amines) is 1. The number of hydrogen-bond donors (Lipinski definition) is 1. The van der Waals surface area contributed by atoms with Crippen molar-refractivity contribution in [3.8, 4) is 0 Å². The van der Waals surface area contributed by atoms with Gasteiger partial charge in [0.2, 0.25) is 0 Å². The van der Waals surface area contributed by atoms with Gasteiger partial charge in [-0.15, -0.1) is 0 Å². The quantitative estimate of drug-likeness (QED) is 0.819. The van der Waals surface area contributed by atoms with Crippen LogP contribution in [-0.2, 0) is 0 Å². The highest BCUT2D eigenvalue weighted by Crippen LogP contribution is 2.30. The maximum absolute atomic E-state index is 11.8. The summed E-state index contributed by atoms with van der Waals surface area (Å²) in [6.07, 6.45) is 0.465. The van der Waals surface area contributed by atoms with Crippen molar-refractivity contribution < 1.29 is 18.3 Å². The standard InChI is InChI=1S/C9H16F3NOS/c1-7-2-3-13(6-8(7)14)4-5-15-9(10,11)12/h7-8,14H,2-6H2,1H3. The zero-order valence-electron chi connectivity index (χ0n) is 8.63. The fourth-order valence-corrected chi connectivity index (χ4v) is 2.19. The van der Waals surface area contributed by atoms with Crippen molar-refractivity contribution in [3.63, 3.8) is 0 Å². The van der Waals surface area contributed by atoms with E-state index in [-0.39, 0.29) is 23.4 Å². The number of hydrogen-bond acceptors (Lipinski definition) is 3. The topological polar surface area (TPSA) is 23.5 Å². The van der Waals surface area contributed by atoms with E-state index in [1.165, 1.54) is 0 Å². The van der Waals surface area contributed by atoms with E-state index >= 15 is 0 Å². The van der Waals surface area contributed by atoms with Crippen LogP contribution in [0.4, 0.5) is 13.2 Å². The average Bonchev–Trinajstić information content (AvgIpc) is 2.09. The van der Waals surface area contributed by atoms with E-state index < -0.39 is 11.6 Å². The molecule has 0 aromatic rings. The number of alkyl halides is 3. The highest BCUT2D eigenvalue weighted by atomic mass is 32.2. The molecule has 90 valence electrons. The summed E-state index contributed by atoms with van der Waals surface area (Å²) < 4.78 is 35.5. The largest absolute Gasteiger partial charge is 0.441 e. The minimum atomic E-state index is -4.14. The van der Waals surface area contributed by atoms with E-state index in [1.807, 2.05) is 11.8 Å². The van der Waals surface area contributed by atoms with Crippen molar-refractivity contribution in [2.45, 2.75) is 25.0 Å². The van der Waals surface area contributed by atoms with Crippen LogP contribution in [0.3, 0.4) is 0 Å². The summed E-state index contributed by atoms with van der Waals surface area (Å²) in [5.41, 5.74) is -4.14. The number of aliphatic hydroxyl groups excluding tert-OH is 1. The highest BCUT2D eigenvalue weighted by Gasteiger charge is 2.29. The van der Waals surface area contributed by atoms with Crippen molar-refractivity contribution in [1.29, 1.82) is 0 Å². The summed E-state index contributed by atoms with van der Waals surface area (Å²) in [5.74, 6) is 0.307. The molecule has 0 aliphatic carbocycles. The maximum atomic E-state index is 11.8. The van der Waals surface area contributed by atoms with Gasteiger partial charge in [-0.2, -0.15) is 13.2 Å². The van der Waals surface area contributed by atoms with Crippen LogP contribution in [-0.4, -0.2) is 47.0 Å². The van der Waals surface area contributed by atoms with Crippen molar-refractivity contribution in [2.24, 2.45) is 5.92 Å². The molecule has 2 nitrogen and oxygen atoms in total. The molecule has 1 saturated heterocycles. The van der Waals surface area contributed by atoms with Crippen molar-refractivity contribution >= 4 is 11.8 Å². The lowest BCUT2D eigenvalue weighted by molar-refractivity contribution is -0.0330. The summed E-state index contributed by atoms with van der Waals surface area (Å²) in [5, 5.41) is 9.54. The average molecular weight is 243 g/mol. The molecule has 0 bridgehead atoms. The molecule has 1 aliphatic heterocycles. The summed E-state index contributed by atoms with van der Waals surface area (Å²) in [7, 11) is 0. The van der Waals surface area contributed by atoms with E-state index in [9.17, 15) is 18.3 Å². The van der Waals surface area contributed by atoms with Crippen LogP contribution < -0.4 is 0 Å². The Morgan fingerprint density at radius 3 is 2.67 bits per heavy atom. The number of piperidine rings is 1. The fraction of sp³-hybridized carbons (Fsp3) is 1.00. The second-order valence-corrected chi connectivity index (χ2v) is 5.09. The number of β-amino-alcohol motifs (C(OH)–C–C–N with tert-alkyl or cyclic N) is 1. The number of thioether (sulfide) groups is 1. The summed E-state index contributed by atoms with van der Waals surface area (Å²) in [6, 6.07) is 0. The summed E-state index contributed by atoms with van der Waals surface area (Å²) >= 11 is 0.00595. The Kier molecular flexibility index (Phi) is 4.73. The molecule has 0 radical (unpaired) electrons. The zero-order valence-corrected chi connectivity index (χ0v) is 9.44. The summed E-state index contributed by atoms with van der Waals surface area (Å²) in [6.45, 7) is 3.65. The second kappa shape index (κ2) is 5.41. The maximum Gasteiger partial charge on any atom is 0.441 e. The highest BCUT2D eigenvalue weighted by molar-refractivity contribution is 8.00. The molecule has 2 unspecified atom stereocenters. The van der Waals surface area contributed by atoms with Crippen LogP contribution in [0.25, 0.3) is 0 Å². The van der Waals surface area contributed by atoms with Crippen LogP contribution in [0.1, 0.15) is 13.3 Å². The predicted molar refractivity (Wildman–Crippen MR) is 54.7 cm³/mol. The molecule has 1 heterocycles. The van der Waals surface area contributed by atoms with Crippen LogP contribution in [0.15, 0.2) is 0 Å². The lowest BCUT2D eigenvalue weighted by Gasteiger charge is -2.34. The van der Waals surface area contributed by atoms with E-state index in [4.69, 9.17) is 0 Å².